The first-order valence-electron chi connectivity index (χ1n) is 6.47. The van der Waals surface area contributed by atoms with Crippen molar-refractivity contribution in [2.24, 2.45) is 0 Å². The smallest absolute Gasteiger partial charge is 0.333 e. The summed E-state index contributed by atoms with van der Waals surface area (Å²) < 4.78 is 5.23. The molecule has 0 spiro atoms. The highest BCUT2D eigenvalue weighted by molar-refractivity contribution is 7.20. The molecule has 104 valence electrons. The third kappa shape index (κ3) is 5.14. The quantitative estimate of drug-likeness (QED) is 0.475. The second kappa shape index (κ2) is 6.84. The van der Waals surface area contributed by atoms with Gasteiger partial charge in [-0.25, -0.2) is 4.79 Å². The minimum Gasteiger partial charge on any atom is -0.459 e. The van der Waals surface area contributed by atoms with Gasteiger partial charge in [0, 0.05) is 15.3 Å². The first kappa shape index (κ1) is 15.9. The van der Waals surface area contributed by atoms with E-state index in [1.165, 1.54) is 0 Å². The van der Waals surface area contributed by atoms with Crippen LogP contribution in [0.15, 0.2) is 42.5 Å². The lowest BCUT2D eigenvalue weighted by Crippen LogP contribution is -2.49. The molecule has 0 saturated heterocycles. The van der Waals surface area contributed by atoms with Gasteiger partial charge < -0.3 is 9.53 Å². The van der Waals surface area contributed by atoms with Crippen molar-refractivity contribution in [3.63, 3.8) is 0 Å². The molecule has 1 N–H and O–H groups in total. The molecule has 0 saturated carbocycles. The van der Waals surface area contributed by atoms with Crippen molar-refractivity contribution in [3.8, 4) is 0 Å². The molecule has 2 atom stereocenters. The normalized spacial score (nSPS) is 15.5. The number of carbonyl (C=O) groups excluding carboxylic acids is 1. The predicted octanol–water partition coefficient (Wildman–Crippen LogP) is 0.591. The summed E-state index contributed by atoms with van der Waals surface area (Å²) >= 11 is 0. The van der Waals surface area contributed by atoms with E-state index in [1.807, 2.05) is 37.3 Å². The lowest BCUT2D eigenvalue weighted by Gasteiger charge is -2.23. The number of benzene rings is 1. The van der Waals surface area contributed by atoms with Gasteiger partial charge >= 0.3 is 5.97 Å². The van der Waals surface area contributed by atoms with E-state index in [0.717, 1.165) is 21.0 Å². The number of hydrogen-bond donors (Lipinski definition) is 1. The molecule has 0 amide bonds. The van der Waals surface area contributed by atoms with Crippen molar-refractivity contribution in [1.82, 2.24) is 0 Å². The maximum atomic E-state index is 11.4. The fourth-order valence-corrected chi connectivity index (χ4v) is 5.80. The van der Waals surface area contributed by atoms with E-state index >= 15 is 0 Å². The van der Waals surface area contributed by atoms with Crippen LogP contribution in [0.5, 0.6) is 0 Å². The highest BCUT2D eigenvalue weighted by Gasteiger charge is 2.27. The summed E-state index contributed by atoms with van der Waals surface area (Å²) in [6.45, 7) is 7.05. The third-order valence-electron chi connectivity index (χ3n) is 3.09. The second-order valence-electron chi connectivity index (χ2n) is 5.17. The summed E-state index contributed by atoms with van der Waals surface area (Å²) in [7, 11) is -1.52. The van der Waals surface area contributed by atoms with Crippen LogP contribution in [0.3, 0.4) is 0 Å². The standard InChI is InChI=1S/C14H22O3Si2/c1-11(2)14(15)17-12(3)9-10-19(16,18)13-7-5-4-6-8-13/h4-8,12,16H,1,9-10H2,2-3,18H3. The lowest BCUT2D eigenvalue weighted by atomic mass is 10.3. The van der Waals surface area contributed by atoms with Crippen molar-refractivity contribution < 1.29 is 14.3 Å². The van der Waals surface area contributed by atoms with Crippen LogP contribution >= 0.6 is 0 Å². The van der Waals surface area contributed by atoms with Crippen LogP contribution in [-0.4, -0.2) is 34.5 Å². The van der Waals surface area contributed by atoms with Gasteiger partial charge in [-0.1, -0.05) is 36.9 Å². The largest absolute Gasteiger partial charge is 0.459 e. The Labute approximate surface area is 118 Å². The van der Waals surface area contributed by atoms with Gasteiger partial charge in [-0.3, -0.25) is 0 Å². The summed E-state index contributed by atoms with van der Waals surface area (Å²) in [6, 6.07) is 10.6. The highest BCUT2D eigenvalue weighted by atomic mass is 29.2. The first-order chi connectivity index (χ1) is 8.83. The van der Waals surface area contributed by atoms with Crippen LogP contribution in [-0.2, 0) is 9.53 Å². The van der Waals surface area contributed by atoms with E-state index in [2.05, 4.69) is 6.58 Å². The van der Waals surface area contributed by atoms with E-state index in [0.29, 0.717) is 12.0 Å². The van der Waals surface area contributed by atoms with E-state index in [9.17, 15) is 9.59 Å². The van der Waals surface area contributed by atoms with Gasteiger partial charge in [0.15, 0.2) is 7.83 Å². The fraction of sp³-hybridized carbons (Fsp3) is 0.357. The van der Waals surface area contributed by atoms with E-state index in [1.54, 1.807) is 6.92 Å². The number of ether oxygens (including phenoxy) is 1. The van der Waals surface area contributed by atoms with Crippen LogP contribution in [0.2, 0.25) is 6.04 Å². The zero-order chi connectivity index (χ0) is 14.5. The molecule has 0 fully saturated rings. The molecule has 5 heteroatoms. The Morgan fingerprint density at radius 1 is 1.47 bits per heavy atom. The maximum absolute atomic E-state index is 11.4. The first-order valence-corrected chi connectivity index (χ1v) is 12.1. The van der Waals surface area contributed by atoms with Gasteiger partial charge in [-0.05, 0) is 31.5 Å². The summed E-state index contributed by atoms with van der Waals surface area (Å²) in [5.74, 6) is -0.356. The van der Waals surface area contributed by atoms with Crippen molar-refractivity contribution in [2.75, 3.05) is 0 Å². The summed E-state index contributed by atoms with van der Waals surface area (Å²) in [4.78, 5) is 22.0. The zero-order valence-electron chi connectivity index (χ0n) is 11.8. The van der Waals surface area contributed by atoms with Gasteiger partial charge in [0.1, 0.15) is 0 Å². The Bertz CT molecular complexity index is 443. The molecule has 0 aliphatic rings. The maximum Gasteiger partial charge on any atom is 0.333 e. The second-order valence-corrected chi connectivity index (χ2v) is 13.8. The van der Waals surface area contributed by atoms with Crippen molar-refractivity contribution in [2.45, 2.75) is 32.4 Å². The molecule has 1 aromatic carbocycles. The molecule has 0 bridgehead atoms. The number of carbonyl (C=O) groups is 1. The molecule has 0 aliphatic carbocycles. The van der Waals surface area contributed by atoms with Crippen LogP contribution in [0.25, 0.3) is 0 Å². The Balaban J connectivity index is 2.52. The molecular weight excluding hydrogens is 272 g/mol. The number of rotatable bonds is 6. The average molecular weight is 294 g/mol. The van der Waals surface area contributed by atoms with Gasteiger partial charge in [0.2, 0.25) is 0 Å². The molecular formula is C14H22O3Si2. The average Bonchev–Trinajstić information content (AvgIpc) is 2.37. The minimum absolute atomic E-state index is 0.180. The zero-order valence-corrected chi connectivity index (χ0v) is 14.8. The van der Waals surface area contributed by atoms with Gasteiger partial charge in [-0.2, -0.15) is 0 Å². The van der Waals surface area contributed by atoms with Crippen LogP contribution in [0, 0.1) is 0 Å². The molecule has 0 heterocycles. The third-order valence-corrected chi connectivity index (χ3v) is 9.16. The molecule has 1 aromatic rings. The highest BCUT2D eigenvalue weighted by Crippen LogP contribution is 2.11. The van der Waals surface area contributed by atoms with Crippen LogP contribution < -0.4 is 5.19 Å². The fourth-order valence-electron chi connectivity index (χ4n) is 1.77. The summed E-state index contributed by atoms with van der Waals surface area (Å²) in [5, 5.41) is 1.07. The molecule has 3 nitrogen and oxygen atoms in total. The van der Waals surface area contributed by atoms with Crippen molar-refractivity contribution >= 4 is 28.8 Å². The Morgan fingerprint density at radius 3 is 2.58 bits per heavy atom. The summed E-state index contributed by atoms with van der Waals surface area (Å²) in [5.41, 5.74) is 0.410. The predicted molar refractivity (Wildman–Crippen MR) is 83.8 cm³/mol. The summed E-state index contributed by atoms with van der Waals surface area (Å²) in [6.07, 6.45) is 0.515. The van der Waals surface area contributed by atoms with Crippen molar-refractivity contribution in [1.29, 1.82) is 0 Å². The molecule has 0 radical (unpaired) electrons. The molecule has 0 aromatic heterocycles. The number of hydrogen-bond acceptors (Lipinski definition) is 3. The van der Waals surface area contributed by atoms with Gasteiger partial charge in [-0.15, -0.1) is 0 Å². The van der Waals surface area contributed by atoms with Crippen LogP contribution in [0.4, 0.5) is 0 Å². The monoisotopic (exact) mass is 294 g/mol. The minimum atomic E-state index is -2.30. The van der Waals surface area contributed by atoms with Crippen LogP contribution in [0.1, 0.15) is 20.3 Å². The lowest BCUT2D eigenvalue weighted by molar-refractivity contribution is -0.143. The Morgan fingerprint density at radius 2 is 2.05 bits per heavy atom. The Kier molecular flexibility index (Phi) is 5.71. The Hall–Kier alpha value is -1.18. The van der Waals surface area contributed by atoms with E-state index < -0.39 is 7.83 Å². The van der Waals surface area contributed by atoms with Gasteiger partial charge in [0.25, 0.3) is 0 Å². The van der Waals surface area contributed by atoms with Gasteiger partial charge in [0.05, 0.1) is 6.10 Å². The molecule has 0 aliphatic heterocycles. The van der Waals surface area contributed by atoms with E-state index in [-0.39, 0.29) is 12.1 Å². The SMILES string of the molecule is C=C(C)C(=O)OC(C)CC[Si](O)([SiH3])c1ccccc1. The topological polar surface area (TPSA) is 46.5 Å². The molecule has 19 heavy (non-hydrogen) atoms. The van der Waals surface area contributed by atoms with Crippen molar-refractivity contribution in [3.05, 3.63) is 42.5 Å². The molecule has 1 rings (SSSR count). The molecule has 2 unspecified atom stereocenters. The van der Waals surface area contributed by atoms with E-state index in [4.69, 9.17) is 4.74 Å². The number of esters is 1.